The summed E-state index contributed by atoms with van der Waals surface area (Å²) in [5, 5.41) is 9.61. The van der Waals surface area contributed by atoms with Crippen molar-refractivity contribution in [1.29, 1.82) is 0 Å². The van der Waals surface area contributed by atoms with Gasteiger partial charge >= 0.3 is 17.9 Å². The van der Waals surface area contributed by atoms with Gasteiger partial charge in [0.1, 0.15) is 11.8 Å². The van der Waals surface area contributed by atoms with Gasteiger partial charge < -0.3 is 14.6 Å². The molecule has 1 heterocycles. The predicted molar refractivity (Wildman–Crippen MR) is 206 cm³/mol. The molecule has 5 saturated carbocycles. The first-order valence-corrected chi connectivity index (χ1v) is 21.2. The van der Waals surface area contributed by atoms with Crippen molar-refractivity contribution < 1.29 is 33.4 Å². The summed E-state index contributed by atoms with van der Waals surface area (Å²) in [6.07, 6.45) is 12.8. The number of alkyl halides is 1. The van der Waals surface area contributed by atoms with E-state index in [1.807, 2.05) is 4.90 Å². The number of halogens is 1. The highest BCUT2D eigenvalue weighted by Gasteiger charge is 2.71. The van der Waals surface area contributed by atoms with Crippen LogP contribution >= 0.6 is 0 Å². The Kier molecular flexibility index (Phi) is 10.7. The minimum atomic E-state index is -1.15. The molecule has 0 spiro atoms. The van der Waals surface area contributed by atoms with Gasteiger partial charge in [-0.05, 0) is 162 Å². The Morgan fingerprint density at radius 2 is 1.51 bits per heavy atom. The average Bonchev–Trinajstić information content (AvgIpc) is 3.43. The molecule has 0 aromatic carbocycles. The Morgan fingerprint density at radius 1 is 0.830 bits per heavy atom. The Morgan fingerprint density at radius 3 is 2.15 bits per heavy atom. The summed E-state index contributed by atoms with van der Waals surface area (Å²) >= 11 is 0. The van der Waals surface area contributed by atoms with E-state index in [0.29, 0.717) is 62.1 Å². The first-order valence-electron chi connectivity index (χ1n) is 21.2. The van der Waals surface area contributed by atoms with Crippen molar-refractivity contribution >= 4 is 17.9 Å². The van der Waals surface area contributed by atoms with Crippen LogP contribution in [0.15, 0.2) is 12.2 Å². The van der Waals surface area contributed by atoms with Crippen LogP contribution in [0.4, 0.5) is 4.39 Å². The zero-order chi connectivity index (χ0) is 39.0. The van der Waals surface area contributed by atoms with Gasteiger partial charge in [-0.2, -0.15) is 0 Å². The third kappa shape index (κ3) is 6.94. The molecule has 6 aliphatic rings. The van der Waals surface area contributed by atoms with Crippen molar-refractivity contribution in [1.82, 2.24) is 4.90 Å². The zero-order valence-corrected chi connectivity index (χ0v) is 34.7. The second-order valence-corrected chi connectivity index (χ2v) is 21.4. The number of piperidine rings is 1. The molecule has 0 bridgehead atoms. The Bertz CT molecular complexity index is 1450. The summed E-state index contributed by atoms with van der Waals surface area (Å²) in [6.45, 7) is 26.0. The third-order valence-corrected chi connectivity index (χ3v) is 17.7. The maximum absolute atomic E-state index is 14.3. The molecule has 0 aromatic rings. The first-order chi connectivity index (χ1) is 24.5. The van der Waals surface area contributed by atoms with E-state index in [0.717, 1.165) is 25.7 Å². The maximum atomic E-state index is 14.3. The number of hydrogen-bond donors (Lipinski definition) is 1. The van der Waals surface area contributed by atoms with Gasteiger partial charge in [-0.25, -0.2) is 4.39 Å². The van der Waals surface area contributed by atoms with E-state index in [1.54, 1.807) is 20.8 Å². The van der Waals surface area contributed by atoms with Crippen LogP contribution in [-0.4, -0.2) is 65.9 Å². The van der Waals surface area contributed by atoms with Crippen LogP contribution in [0.3, 0.4) is 0 Å². The van der Waals surface area contributed by atoms with Crippen molar-refractivity contribution in [2.24, 2.45) is 62.1 Å². The van der Waals surface area contributed by atoms with E-state index in [9.17, 15) is 23.9 Å². The van der Waals surface area contributed by atoms with Crippen LogP contribution in [0.5, 0.6) is 0 Å². The van der Waals surface area contributed by atoms with Gasteiger partial charge in [-0.1, -0.05) is 46.8 Å². The molecule has 6 rings (SSSR count). The highest BCUT2D eigenvalue weighted by molar-refractivity contribution is 5.81. The second-order valence-electron chi connectivity index (χ2n) is 21.4. The molecule has 7 nitrogen and oxygen atoms in total. The fourth-order valence-corrected chi connectivity index (χ4v) is 14.3. The Labute approximate surface area is 320 Å². The van der Waals surface area contributed by atoms with Gasteiger partial charge in [0.25, 0.3) is 0 Å². The molecule has 5 aliphatic carbocycles. The standard InChI is InChI=1S/C45H72FNO6/c1-29(2)30-13-18-45(23-26-52-36(49)28-47-24-21-41(7,46)22-25-47)20-19-43(9)31(37(30)45)11-12-33-42(8)16-15-34(53-35(48)27-39(3,4)38(50)51)40(5,6)32(42)14-17-44(33,43)10/h30-34,37H,1,11-28H2,2-10H3,(H,50,51)/t30-,31+,32-,33+,34-,37+,42-,43+,44+,45+/m0/s1. The number of rotatable bonds is 10. The maximum Gasteiger partial charge on any atom is 0.320 e. The van der Waals surface area contributed by atoms with Gasteiger partial charge in [-0.15, -0.1) is 0 Å². The van der Waals surface area contributed by atoms with Gasteiger partial charge in [0.15, 0.2) is 0 Å². The molecule has 0 radical (unpaired) electrons. The van der Waals surface area contributed by atoms with Crippen molar-refractivity contribution in [3.05, 3.63) is 12.2 Å². The first kappa shape index (κ1) is 40.7. The lowest BCUT2D eigenvalue weighted by Gasteiger charge is -2.73. The number of fused-ring (bicyclic) bond motifs is 7. The number of nitrogens with zero attached hydrogens (tertiary/aromatic N) is 1. The van der Waals surface area contributed by atoms with E-state index < -0.39 is 23.0 Å². The molecule has 1 aliphatic heterocycles. The monoisotopic (exact) mass is 742 g/mol. The van der Waals surface area contributed by atoms with E-state index in [4.69, 9.17) is 9.47 Å². The van der Waals surface area contributed by atoms with Crippen molar-refractivity contribution in [2.45, 2.75) is 164 Å². The van der Waals surface area contributed by atoms with Gasteiger partial charge in [0, 0.05) is 18.5 Å². The number of carbonyl (C=O) groups excluding carboxylic acids is 2. The van der Waals surface area contributed by atoms with E-state index >= 15 is 0 Å². The Balaban J connectivity index is 1.16. The van der Waals surface area contributed by atoms with Crippen LogP contribution in [0.2, 0.25) is 0 Å². The number of allylic oxidation sites excluding steroid dienone is 1. The zero-order valence-electron chi connectivity index (χ0n) is 34.7. The highest BCUT2D eigenvalue weighted by Crippen LogP contribution is 2.78. The van der Waals surface area contributed by atoms with Crippen molar-refractivity contribution in [3.8, 4) is 0 Å². The molecule has 0 aromatic heterocycles. The molecule has 1 N–H and O–H groups in total. The largest absolute Gasteiger partial charge is 0.481 e. The smallest absolute Gasteiger partial charge is 0.320 e. The lowest BCUT2D eigenvalue weighted by molar-refractivity contribution is -0.251. The summed E-state index contributed by atoms with van der Waals surface area (Å²) in [4.78, 5) is 39.9. The fraction of sp³-hybridized carbons (Fsp3) is 0.889. The minimum absolute atomic E-state index is 0.118. The summed E-state index contributed by atoms with van der Waals surface area (Å²) < 4.78 is 26.5. The number of carbonyl (C=O) groups is 3. The minimum Gasteiger partial charge on any atom is -0.481 e. The average molecular weight is 742 g/mol. The molecule has 53 heavy (non-hydrogen) atoms. The van der Waals surface area contributed by atoms with Gasteiger partial charge in [0.05, 0.1) is 25.0 Å². The predicted octanol–water partition coefficient (Wildman–Crippen LogP) is 9.81. The molecule has 8 heteroatoms. The third-order valence-electron chi connectivity index (χ3n) is 17.7. The molecule has 0 unspecified atom stereocenters. The van der Waals surface area contributed by atoms with Crippen LogP contribution in [0.25, 0.3) is 0 Å². The number of hydrogen-bond acceptors (Lipinski definition) is 6. The summed E-state index contributed by atoms with van der Waals surface area (Å²) in [6, 6.07) is 0. The molecule has 300 valence electrons. The number of likely N-dealkylation sites (tertiary alicyclic amines) is 1. The van der Waals surface area contributed by atoms with Crippen LogP contribution in [-0.2, 0) is 23.9 Å². The van der Waals surface area contributed by atoms with Crippen molar-refractivity contribution in [3.63, 3.8) is 0 Å². The molecule has 1 saturated heterocycles. The summed E-state index contributed by atoms with van der Waals surface area (Å²) in [5.74, 6) is 1.10. The molecule has 6 fully saturated rings. The van der Waals surface area contributed by atoms with Crippen LogP contribution in [0, 0.1) is 62.1 Å². The highest BCUT2D eigenvalue weighted by atomic mass is 19.1. The molecule has 10 atom stereocenters. The number of aliphatic carboxylic acids is 1. The van der Waals surface area contributed by atoms with Crippen LogP contribution < -0.4 is 0 Å². The number of ether oxygens (including phenoxy) is 2. The number of carboxylic acid groups (broad SMARTS) is 1. The van der Waals surface area contributed by atoms with E-state index in [1.165, 1.54) is 50.5 Å². The van der Waals surface area contributed by atoms with Gasteiger partial charge in [-0.3, -0.25) is 19.3 Å². The second kappa shape index (κ2) is 13.9. The summed E-state index contributed by atoms with van der Waals surface area (Å²) in [7, 11) is 0. The van der Waals surface area contributed by atoms with Gasteiger partial charge in [0.2, 0.25) is 0 Å². The molecule has 0 amide bonds. The lowest BCUT2D eigenvalue weighted by Crippen LogP contribution is -2.66. The summed E-state index contributed by atoms with van der Waals surface area (Å²) in [5.41, 5.74) is -0.478. The molecular formula is C45H72FNO6. The molecular weight excluding hydrogens is 669 g/mol. The SMILES string of the molecule is C=C(C)[C@@H]1CC[C@]2(CCOC(=O)CN3CCC(C)(F)CC3)CC[C@]3(C)[C@H](CC[C@@H]4[C@@]5(C)CC[C@H](OC(=O)CC(C)(C)C(=O)O)C(C)(C)[C@@H]5CC[C@]43C)[C@@H]12. The fourth-order valence-electron chi connectivity index (χ4n) is 14.3. The van der Waals surface area contributed by atoms with E-state index in [-0.39, 0.29) is 52.1 Å². The normalized spacial score (nSPS) is 41.9. The number of esters is 2. The van der Waals surface area contributed by atoms with E-state index in [2.05, 4.69) is 48.1 Å². The quantitative estimate of drug-likeness (QED) is 0.176. The van der Waals surface area contributed by atoms with Crippen LogP contribution in [0.1, 0.15) is 152 Å². The lowest BCUT2D eigenvalue weighted by atomic mass is 9.32. The number of carboxylic acids is 1. The Hall–Kier alpha value is -1.96. The topological polar surface area (TPSA) is 93.1 Å². The van der Waals surface area contributed by atoms with Crippen molar-refractivity contribution in [2.75, 3.05) is 26.2 Å².